The van der Waals surface area contributed by atoms with Gasteiger partial charge in [0.05, 0.1) is 13.5 Å². The standard InChI is InChI=1S/C11H17BN2O.2C2H6/c1-11(12)6-4-5-8-9(7-11)15-10(13-2)14(8)3;2*1-2/h4-7H2,1-3H3;2*1-2H3. The van der Waals surface area contributed by atoms with Crippen LogP contribution in [0, 0.1) is 0 Å². The van der Waals surface area contributed by atoms with Gasteiger partial charge in [-0.3, -0.25) is 4.57 Å². The molecule has 19 heavy (non-hydrogen) atoms. The van der Waals surface area contributed by atoms with Gasteiger partial charge < -0.3 is 4.42 Å². The SMILES string of the molecule is CC.CC.[B]C1(C)CCCc2c(oc(=NC)n2C)C1. The molecule has 1 aromatic rings. The van der Waals surface area contributed by atoms with E-state index in [4.69, 9.17) is 12.3 Å². The van der Waals surface area contributed by atoms with E-state index in [1.807, 2.05) is 39.3 Å². The van der Waals surface area contributed by atoms with Crippen LogP contribution in [0.3, 0.4) is 0 Å². The van der Waals surface area contributed by atoms with E-state index in [-0.39, 0.29) is 5.31 Å². The highest BCUT2D eigenvalue weighted by atomic mass is 16.4. The summed E-state index contributed by atoms with van der Waals surface area (Å²) in [4.78, 5) is 4.11. The molecule has 1 atom stereocenters. The van der Waals surface area contributed by atoms with Gasteiger partial charge in [0, 0.05) is 20.5 Å². The lowest BCUT2D eigenvalue weighted by atomic mass is 9.65. The molecule has 1 aliphatic rings. The van der Waals surface area contributed by atoms with Crippen molar-refractivity contribution in [1.82, 2.24) is 4.57 Å². The zero-order chi connectivity index (χ0) is 15.1. The van der Waals surface area contributed by atoms with Gasteiger partial charge in [0.1, 0.15) is 5.76 Å². The molecule has 1 heterocycles. The maximum atomic E-state index is 6.19. The summed E-state index contributed by atoms with van der Waals surface area (Å²) in [6.45, 7) is 10.1. The molecule has 1 unspecified atom stereocenters. The van der Waals surface area contributed by atoms with Crippen LogP contribution in [-0.2, 0) is 19.9 Å². The van der Waals surface area contributed by atoms with Crippen LogP contribution in [0.15, 0.2) is 9.41 Å². The number of rotatable bonds is 0. The number of oxazole rings is 1. The summed E-state index contributed by atoms with van der Waals surface area (Å²) in [5, 5.41) is -0.138. The molecule has 0 spiro atoms. The molecule has 108 valence electrons. The largest absolute Gasteiger partial charge is 0.428 e. The molecule has 0 saturated heterocycles. The molecule has 1 aliphatic carbocycles. The summed E-state index contributed by atoms with van der Waals surface area (Å²) in [6.07, 6.45) is 4.02. The van der Waals surface area contributed by atoms with E-state index < -0.39 is 0 Å². The molecule has 0 amide bonds. The summed E-state index contributed by atoms with van der Waals surface area (Å²) >= 11 is 0. The van der Waals surface area contributed by atoms with E-state index in [0.717, 1.165) is 31.4 Å². The van der Waals surface area contributed by atoms with Crippen LogP contribution >= 0.6 is 0 Å². The maximum absolute atomic E-state index is 6.19. The highest BCUT2D eigenvalue weighted by Gasteiger charge is 2.26. The first-order valence-electron chi connectivity index (χ1n) is 7.43. The summed E-state index contributed by atoms with van der Waals surface area (Å²) in [6, 6.07) is 0. The Morgan fingerprint density at radius 2 is 1.84 bits per heavy atom. The fraction of sp³-hybridized carbons (Fsp3) is 0.800. The Kier molecular flexibility index (Phi) is 7.88. The van der Waals surface area contributed by atoms with Crippen molar-refractivity contribution < 1.29 is 4.42 Å². The Balaban J connectivity index is 0.000000741. The smallest absolute Gasteiger partial charge is 0.296 e. The summed E-state index contributed by atoms with van der Waals surface area (Å²) in [5.74, 6) is 1.01. The van der Waals surface area contributed by atoms with Gasteiger partial charge in [-0.1, -0.05) is 46.4 Å². The third kappa shape index (κ3) is 4.59. The lowest BCUT2D eigenvalue weighted by Crippen LogP contribution is -2.14. The van der Waals surface area contributed by atoms with Crippen molar-refractivity contribution in [3.05, 3.63) is 17.1 Å². The van der Waals surface area contributed by atoms with Crippen LogP contribution in [0.5, 0.6) is 0 Å². The highest BCUT2D eigenvalue weighted by Crippen LogP contribution is 2.36. The van der Waals surface area contributed by atoms with Crippen molar-refractivity contribution in [1.29, 1.82) is 0 Å². The number of nitrogens with zero attached hydrogens (tertiary/aromatic N) is 2. The monoisotopic (exact) mass is 264 g/mol. The molecule has 1 aromatic heterocycles. The fourth-order valence-corrected chi connectivity index (χ4v) is 2.30. The Bertz CT molecular complexity index is 430. The molecular formula is C15H29BN2O. The van der Waals surface area contributed by atoms with Crippen molar-refractivity contribution in [3.8, 4) is 0 Å². The van der Waals surface area contributed by atoms with E-state index >= 15 is 0 Å². The van der Waals surface area contributed by atoms with Gasteiger partial charge in [0.25, 0.3) is 5.68 Å². The van der Waals surface area contributed by atoms with E-state index in [0.29, 0.717) is 5.68 Å². The van der Waals surface area contributed by atoms with Crippen LogP contribution < -0.4 is 5.68 Å². The molecule has 2 rings (SSSR count). The van der Waals surface area contributed by atoms with Crippen LogP contribution in [0.25, 0.3) is 0 Å². The molecule has 0 fully saturated rings. The highest BCUT2D eigenvalue weighted by molar-refractivity contribution is 6.15. The lowest BCUT2D eigenvalue weighted by molar-refractivity contribution is 0.412. The summed E-state index contributed by atoms with van der Waals surface area (Å²) in [5.41, 5.74) is 1.95. The minimum absolute atomic E-state index is 0.138. The average molecular weight is 264 g/mol. The van der Waals surface area contributed by atoms with Crippen LogP contribution in [0.1, 0.15) is 58.9 Å². The first-order valence-corrected chi connectivity index (χ1v) is 7.43. The minimum Gasteiger partial charge on any atom is -0.428 e. The molecule has 2 radical (unpaired) electrons. The summed E-state index contributed by atoms with van der Waals surface area (Å²) in [7, 11) is 9.95. The van der Waals surface area contributed by atoms with Crippen molar-refractivity contribution in [2.24, 2.45) is 12.0 Å². The van der Waals surface area contributed by atoms with Gasteiger partial charge in [-0.25, -0.2) is 4.99 Å². The molecule has 0 bridgehead atoms. The number of hydrogen-bond acceptors (Lipinski definition) is 2. The third-order valence-corrected chi connectivity index (χ3v) is 3.15. The van der Waals surface area contributed by atoms with Crippen LogP contribution in [0.2, 0.25) is 5.31 Å². The minimum atomic E-state index is -0.138. The second kappa shape index (κ2) is 8.29. The summed E-state index contributed by atoms with van der Waals surface area (Å²) < 4.78 is 7.76. The molecule has 0 aromatic carbocycles. The zero-order valence-corrected chi connectivity index (χ0v) is 13.7. The normalized spacial score (nSPS) is 22.4. The van der Waals surface area contributed by atoms with Crippen LogP contribution in [-0.4, -0.2) is 19.5 Å². The lowest BCUT2D eigenvalue weighted by Gasteiger charge is -2.21. The van der Waals surface area contributed by atoms with Crippen molar-refractivity contribution in [2.75, 3.05) is 7.05 Å². The average Bonchev–Trinajstić information content (AvgIpc) is 2.61. The Morgan fingerprint density at radius 1 is 1.26 bits per heavy atom. The fourth-order valence-electron chi connectivity index (χ4n) is 2.30. The van der Waals surface area contributed by atoms with Gasteiger partial charge in [0.2, 0.25) is 0 Å². The van der Waals surface area contributed by atoms with Gasteiger partial charge in [-0.2, -0.15) is 0 Å². The van der Waals surface area contributed by atoms with E-state index in [1.54, 1.807) is 7.05 Å². The van der Waals surface area contributed by atoms with Gasteiger partial charge in [0.15, 0.2) is 0 Å². The quantitative estimate of drug-likeness (QED) is 0.521. The van der Waals surface area contributed by atoms with E-state index in [1.165, 1.54) is 5.69 Å². The Labute approximate surface area is 119 Å². The predicted octanol–water partition coefficient (Wildman–Crippen LogP) is 3.43. The molecular weight excluding hydrogens is 235 g/mol. The van der Waals surface area contributed by atoms with E-state index in [9.17, 15) is 0 Å². The first kappa shape index (κ1) is 18.1. The van der Waals surface area contributed by atoms with Crippen molar-refractivity contribution >= 4 is 7.85 Å². The van der Waals surface area contributed by atoms with Gasteiger partial charge in [-0.15, -0.1) is 0 Å². The molecule has 4 heteroatoms. The third-order valence-electron chi connectivity index (χ3n) is 3.15. The zero-order valence-electron chi connectivity index (χ0n) is 13.7. The molecule has 0 aliphatic heterocycles. The maximum Gasteiger partial charge on any atom is 0.296 e. The van der Waals surface area contributed by atoms with Crippen LogP contribution in [0.4, 0.5) is 0 Å². The second-order valence-electron chi connectivity index (χ2n) is 4.72. The number of hydrogen-bond donors (Lipinski definition) is 0. The van der Waals surface area contributed by atoms with Gasteiger partial charge >= 0.3 is 0 Å². The molecule has 0 saturated carbocycles. The van der Waals surface area contributed by atoms with Crippen molar-refractivity contribution in [3.63, 3.8) is 0 Å². The van der Waals surface area contributed by atoms with E-state index in [2.05, 4.69) is 11.9 Å². The van der Waals surface area contributed by atoms with Crippen molar-refractivity contribution in [2.45, 2.75) is 65.6 Å². The second-order valence-corrected chi connectivity index (χ2v) is 4.72. The molecule has 3 nitrogen and oxygen atoms in total. The topological polar surface area (TPSA) is 30.4 Å². The Hall–Kier alpha value is -0.925. The Morgan fingerprint density at radius 3 is 2.37 bits per heavy atom. The predicted molar refractivity (Wildman–Crippen MR) is 82.6 cm³/mol. The molecule has 0 N–H and O–H groups in total. The number of fused-ring (bicyclic) bond motifs is 1. The first-order chi connectivity index (χ1) is 9.03. The van der Waals surface area contributed by atoms with Gasteiger partial charge in [-0.05, 0) is 12.8 Å². The number of aromatic nitrogens is 1.